The molecule has 0 amide bonds. The van der Waals surface area contributed by atoms with Crippen LogP contribution in [0.5, 0.6) is 0 Å². The predicted molar refractivity (Wildman–Crippen MR) is 86.9 cm³/mol. The summed E-state index contributed by atoms with van der Waals surface area (Å²) in [7, 11) is 1.68. The maximum absolute atomic E-state index is 5.81. The van der Waals surface area contributed by atoms with E-state index in [0.717, 1.165) is 15.7 Å². The average Bonchev–Trinajstić information content (AvgIpc) is 2.83. The molecule has 0 aliphatic carbocycles. The number of hydrogen-bond acceptors (Lipinski definition) is 4. The Balaban J connectivity index is 2.40. The van der Waals surface area contributed by atoms with Crippen molar-refractivity contribution in [2.24, 2.45) is 5.84 Å². The van der Waals surface area contributed by atoms with Crippen molar-refractivity contribution in [2.45, 2.75) is 26.4 Å². The van der Waals surface area contributed by atoms with E-state index in [1.54, 1.807) is 13.3 Å². The molecular weight excluding hydrogens is 332 g/mol. The van der Waals surface area contributed by atoms with Gasteiger partial charge in [0.2, 0.25) is 0 Å². The van der Waals surface area contributed by atoms with E-state index in [4.69, 9.17) is 10.6 Å². The van der Waals surface area contributed by atoms with Crippen molar-refractivity contribution in [1.82, 2.24) is 15.2 Å². The largest absolute Gasteiger partial charge is 0.383 e. The maximum Gasteiger partial charge on any atom is 0.0889 e. The van der Waals surface area contributed by atoms with Crippen molar-refractivity contribution in [3.63, 3.8) is 0 Å². The molecule has 1 aromatic heterocycles. The molecule has 0 saturated carbocycles. The Hall–Kier alpha value is -1.21. The smallest absolute Gasteiger partial charge is 0.0889 e. The number of halogens is 1. The van der Waals surface area contributed by atoms with Gasteiger partial charge >= 0.3 is 0 Å². The number of hydrogen-bond donors (Lipinski definition) is 2. The normalized spacial score (nSPS) is 12.6. The van der Waals surface area contributed by atoms with Gasteiger partial charge in [-0.25, -0.2) is 5.43 Å². The monoisotopic (exact) mass is 352 g/mol. The van der Waals surface area contributed by atoms with E-state index in [9.17, 15) is 0 Å². The van der Waals surface area contributed by atoms with Gasteiger partial charge in [-0.3, -0.25) is 10.5 Å². The lowest BCUT2D eigenvalue weighted by Gasteiger charge is -2.20. The van der Waals surface area contributed by atoms with Crippen LogP contribution in [0.15, 0.2) is 28.9 Å². The van der Waals surface area contributed by atoms with Crippen LogP contribution in [-0.4, -0.2) is 23.5 Å². The summed E-state index contributed by atoms with van der Waals surface area (Å²) in [6, 6.07) is 6.23. The van der Waals surface area contributed by atoms with E-state index < -0.39 is 0 Å². The Morgan fingerprint density at radius 2 is 2.14 bits per heavy atom. The van der Waals surface area contributed by atoms with Crippen molar-refractivity contribution in [3.8, 4) is 0 Å². The SMILES string of the molecule is COCCn1ncc(Br)c1C(NN)c1ccc(C)c(C)c1. The quantitative estimate of drug-likeness (QED) is 0.619. The van der Waals surface area contributed by atoms with Crippen molar-refractivity contribution < 1.29 is 4.74 Å². The van der Waals surface area contributed by atoms with Gasteiger partial charge in [0, 0.05) is 7.11 Å². The summed E-state index contributed by atoms with van der Waals surface area (Å²) >= 11 is 3.56. The van der Waals surface area contributed by atoms with Crippen LogP contribution < -0.4 is 11.3 Å². The van der Waals surface area contributed by atoms with Crippen molar-refractivity contribution in [2.75, 3.05) is 13.7 Å². The molecule has 1 heterocycles. The highest BCUT2D eigenvalue weighted by molar-refractivity contribution is 9.10. The van der Waals surface area contributed by atoms with Gasteiger partial charge in [0.15, 0.2) is 0 Å². The highest BCUT2D eigenvalue weighted by Crippen LogP contribution is 2.29. The van der Waals surface area contributed by atoms with Gasteiger partial charge in [0.05, 0.1) is 35.6 Å². The second-order valence-electron chi connectivity index (χ2n) is 5.04. The third kappa shape index (κ3) is 3.52. The Kier molecular flexibility index (Phi) is 5.52. The van der Waals surface area contributed by atoms with Crippen LogP contribution >= 0.6 is 15.9 Å². The van der Waals surface area contributed by atoms with E-state index in [-0.39, 0.29) is 6.04 Å². The molecule has 0 fully saturated rings. The zero-order valence-electron chi connectivity index (χ0n) is 12.6. The van der Waals surface area contributed by atoms with Crippen LogP contribution in [0, 0.1) is 13.8 Å². The zero-order chi connectivity index (χ0) is 15.4. The molecule has 0 saturated heterocycles. The van der Waals surface area contributed by atoms with Crippen molar-refractivity contribution in [1.29, 1.82) is 0 Å². The van der Waals surface area contributed by atoms with Gasteiger partial charge in [-0.2, -0.15) is 5.10 Å². The highest BCUT2D eigenvalue weighted by atomic mass is 79.9. The summed E-state index contributed by atoms with van der Waals surface area (Å²) < 4.78 is 7.98. The fourth-order valence-corrected chi connectivity index (χ4v) is 2.82. The van der Waals surface area contributed by atoms with Crippen LogP contribution in [0.4, 0.5) is 0 Å². The molecule has 0 radical (unpaired) electrons. The van der Waals surface area contributed by atoms with Crippen LogP contribution in [0.2, 0.25) is 0 Å². The van der Waals surface area contributed by atoms with Crippen molar-refractivity contribution >= 4 is 15.9 Å². The molecule has 2 rings (SSSR count). The fourth-order valence-electron chi connectivity index (χ4n) is 2.29. The summed E-state index contributed by atoms with van der Waals surface area (Å²) in [5, 5.41) is 4.38. The minimum absolute atomic E-state index is 0.127. The molecule has 114 valence electrons. The first-order chi connectivity index (χ1) is 10.1. The molecule has 0 aliphatic rings. The van der Waals surface area contributed by atoms with Gasteiger partial charge in [0.25, 0.3) is 0 Å². The number of methoxy groups -OCH3 is 1. The lowest BCUT2D eigenvalue weighted by molar-refractivity contribution is 0.182. The highest BCUT2D eigenvalue weighted by Gasteiger charge is 2.21. The number of aryl methyl sites for hydroxylation is 2. The second kappa shape index (κ2) is 7.17. The standard InChI is InChI=1S/C15H21BrN4O/c1-10-4-5-12(8-11(10)2)14(19-17)15-13(16)9-18-20(15)6-7-21-3/h4-5,8-9,14,19H,6-7,17H2,1-3H3. The number of rotatable bonds is 6. The molecule has 21 heavy (non-hydrogen) atoms. The summed E-state index contributed by atoms with van der Waals surface area (Å²) in [6.07, 6.45) is 1.79. The number of aromatic nitrogens is 2. The minimum Gasteiger partial charge on any atom is -0.383 e. The Bertz CT molecular complexity index is 612. The number of nitrogens with one attached hydrogen (secondary N) is 1. The molecule has 0 aliphatic heterocycles. The average molecular weight is 353 g/mol. The minimum atomic E-state index is -0.127. The Morgan fingerprint density at radius 1 is 1.38 bits per heavy atom. The number of nitrogens with two attached hydrogens (primary N) is 1. The van der Waals surface area contributed by atoms with Gasteiger partial charge in [-0.1, -0.05) is 18.2 Å². The molecule has 2 aromatic rings. The number of hydrazine groups is 1. The summed E-state index contributed by atoms with van der Waals surface area (Å²) in [5.74, 6) is 5.81. The fraction of sp³-hybridized carbons (Fsp3) is 0.400. The summed E-state index contributed by atoms with van der Waals surface area (Å²) in [4.78, 5) is 0. The molecule has 0 spiro atoms. The molecular formula is C15H21BrN4O. The lowest BCUT2D eigenvalue weighted by atomic mass is 9.99. The molecule has 6 heteroatoms. The number of nitrogens with zero attached hydrogens (tertiary/aromatic N) is 2. The zero-order valence-corrected chi connectivity index (χ0v) is 14.1. The van der Waals surface area contributed by atoms with Crippen LogP contribution in [0.3, 0.4) is 0 Å². The van der Waals surface area contributed by atoms with Gasteiger partial charge in [-0.05, 0) is 46.5 Å². The first kappa shape index (κ1) is 16.2. The first-order valence-electron chi connectivity index (χ1n) is 6.82. The molecule has 0 bridgehead atoms. The third-order valence-electron chi connectivity index (χ3n) is 3.64. The molecule has 3 N–H and O–H groups in total. The summed E-state index contributed by atoms with van der Waals surface area (Å²) in [6.45, 7) is 5.48. The van der Waals surface area contributed by atoms with Crippen LogP contribution in [0.1, 0.15) is 28.4 Å². The topological polar surface area (TPSA) is 65.1 Å². The predicted octanol–water partition coefficient (Wildman–Crippen LogP) is 2.46. The van der Waals surface area contributed by atoms with E-state index in [1.165, 1.54) is 11.1 Å². The van der Waals surface area contributed by atoms with Crippen molar-refractivity contribution in [3.05, 3.63) is 51.3 Å². The molecule has 5 nitrogen and oxygen atoms in total. The third-order valence-corrected chi connectivity index (χ3v) is 4.26. The first-order valence-corrected chi connectivity index (χ1v) is 7.61. The molecule has 1 aromatic carbocycles. The molecule has 1 unspecified atom stereocenters. The van der Waals surface area contributed by atoms with Gasteiger partial charge in [0.1, 0.15) is 0 Å². The number of ether oxygens (including phenoxy) is 1. The van der Waals surface area contributed by atoms with Gasteiger partial charge in [-0.15, -0.1) is 0 Å². The van der Waals surface area contributed by atoms with E-state index in [0.29, 0.717) is 13.2 Å². The van der Waals surface area contributed by atoms with Crippen LogP contribution in [0.25, 0.3) is 0 Å². The summed E-state index contributed by atoms with van der Waals surface area (Å²) in [5.41, 5.74) is 7.51. The Labute approximate surface area is 133 Å². The second-order valence-corrected chi connectivity index (χ2v) is 5.89. The van der Waals surface area contributed by atoms with Gasteiger partial charge < -0.3 is 4.74 Å². The van der Waals surface area contributed by atoms with E-state index in [1.807, 2.05) is 4.68 Å². The van der Waals surface area contributed by atoms with E-state index in [2.05, 4.69) is 58.5 Å². The van der Waals surface area contributed by atoms with E-state index >= 15 is 0 Å². The molecule has 1 atom stereocenters. The maximum atomic E-state index is 5.81. The van der Waals surface area contributed by atoms with Crippen LogP contribution in [-0.2, 0) is 11.3 Å². The Morgan fingerprint density at radius 3 is 2.76 bits per heavy atom. The number of benzene rings is 1. The lowest BCUT2D eigenvalue weighted by Crippen LogP contribution is -2.31.